The number of sulfone groups is 1. The van der Waals surface area contributed by atoms with Crippen LogP contribution >= 0.6 is 0 Å². The third-order valence-corrected chi connectivity index (χ3v) is 6.05. The molecule has 0 saturated heterocycles. The molecule has 0 aromatic heterocycles. The molecular formula is C14H19NO5S. The number of fused-ring (bicyclic) bond motifs is 1. The summed E-state index contributed by atoms with van der Waals surface area (Å²) < 4.78 is 40.1. The van der Waals surface area contributed by atoms with Crippen LogP contribution in [-0.2, 0) is 14.6 Å². The average Bonchev–Trinajstić information content (AvgIpc) is 2.88. The molecule has 6 nitrogen and oxygen atoms in total. The molecule has 0 bridgehead atoms. The van der Waals surface area contributed by atoms with Crippen LogP contribution < -0.4 is 15.2 Å². The molecular weight excluding hydrogens is 294 g/mol. The van der Waals surface area contributed by atoms with Gasteiger partial charge in [-0.15, -0.1) is 0 Å². The summed E-state index contributed by atoms with van der Waals surface area (Å²) in [6.07, 6.45) is 1.25. The minimum absolute atomic E-state index is 0.174. The summed E-state index contributed by atoms with van der Waals surface area (Å²) >= 11 is 0. The minimum atomic E-state index is -3.21. The highest BCUT2D eigenvalue weighted by Gasteiger charge is 2.69. The maximum atomic E-state index is 12.1. The van der Waals surface area contributed by atoms with Crippen LogP contribution in [0.2, 0.25) is 0 Å². The Labute approximate surface area is 124 Å². The van der Waals surface area contributed by atoms with Crippen LogP contribution in [0.4, 0.5) is 0 Å². The van der Waals surface area contributed by atoms with Gasteiger partial charge in [0.25, 0.3) is 0 Å². The number of ether oxygens (including phenoxy) is 3. The first-order valence-corrected chi connectivity index (χ1v) is 8.67. The van der Waals surface area contributed by atoms with Crippen molar-refractivity contribution in [3.8, 4) is 11.5 Å². The van der Waals surface area contributed by atoms with E-state index < -0.39 is 20.5 Å². The number of methoxy groups -OCH3 is 1. The van der Waals surface area contributed by atoms with Gasteiger partial charge < -0.3 is 19.9 Å². The van der Waals surface area contributed by atoms with Crippen molar-refractivity contribution in [1.29, 1.82) is 0 Å². The molecule has 1 fully saturated rings. The minimum Gasteiger partial charge on any atom is -0.454 e. The number of hydrogen-bond acceptors (Lipinski definition) is 6. The monoisotopic (exact) mass is 313 g/mol. The van der Waals surface area contributed by atoms with Crippen LogP contribution in [0.5, 0.6) is 11.5 Å². The molecule has 2 aliphatic rings. The second-order valence-corrected chi connectivity index (χ2v) is 7.88. The van der Waals surface area contributed by atoms with Gasteiger partial charge in [-0.3, -0.25) is 0 Å². The zero-order valence-corrected chi connectivity index (χ0v) is 12.9. The highest BCUT2D eigenvalue weighted by atomic mass is 32.2. The lowest BCUT2D eigenvalue weighted by Crippen LogP contribution is -2.28. The van der Waals surface area contributed by atoms with Gasteiger partial charge in [0, 0.05) is 31.2 Å². The van der Waals surface area contributed by atoms with E-state index >= 15 is 0 Å². The molecule has 0 radical (unpaired) electrons. The van der Waals surface area contributed by atoms with E-state index in [1.807, 2.05) is 18.2 Å². The van der Waals surface area contributed by atoms with Crippen molar-refractivity contribution in [2.24, 2.45) is 11.1 Å². The van der Waals surface area contributed by atoms with Gasteiger partial charge in [-0.1, -0.05) is 6.07 Å². The summed E-state index contributed by atoms with van der Waals surface area (Å²) in [5.74, 6) is 1.15. The van der Waals surface area contributed by atoms with E-state index in [1.54, 1.807) is 7.11 Å². The maximum Gasteiger partial charge on any atom is 0.231 e. The Morgan fingerprint density at radius 2 is 2.10 bits per heavy atom. The number of nitrogens with two attached hydrogens (primary N) is 1. The molecule has 7 heteroatoms. The Bertz CT molecular complexity index is 659. The summed E-state index contributed by atoms with van der Waals surface area (Å²) in [7, 11) is -1.65. The first kappa shape index (κ1) is 14.6. The molecule has 1 aliphatic carbocycles. The SMILES string of the molecule is COCC1(CN)C(c2ccc3c(c2)OCO3)C1S(C)(=O)=O. The maximum absolute atomic E-state index is 12.1. The summed E-state index contributed by atoms with van der Waals surface area (Å²) in [5, 5.41) is -0.518. The third-order valence-electron chi connectivity index (χ3n) is 4.39. The largest absolute Gasteiger partial charge is 0.454 e. The zero-order chi connectivity index (χ0) is 15.3. The fourth-order valence-electron chi connectivity index (χ4n) is 3.48. The van der Waals surface area contributed by atoms with Gasteiger partial charge in [0.2, 0.25) is 6.79 Å². The molecule has 3 rings (SSSR count). The van der Waals surface area contributed by atoms with Gasteiger partial charge in [0.1, 0.15) is 0 Å². The highest BCUT2D eigenvalue weighted by Crippen LogP contribution is 2.62. The predicted molar refractivity (Wildman–Crippen MR) is 77.3 cm³/mol. The quantitative estimate of drug-likeness (QED) is 0.852. The van der Waals surface area contributed by atoms with Gasteiger partial charge in [-0.25, -0.2) is 8.42 Å². The van der Waals surface area contributed by atoms with Gasteiger partial charge in [-0.2, -0.15) is 0 Å². The molecule has 1 aliphatic heterocycles. The van der Waals surface area contributed by atoms with Gasteiger partial charge >= 0.3 is 0 Å². The summed E-state index contributed by atoms with van der Waals surface area (Å²) in [4.78, 5) is 0. The first-order chi connectivity index (χ1) is 9.94. The van der Waals surface area contributed by atoms with Crippen molar-refractivity contribution in [2.75, 3.05) is 33.3 Å². The topological polar surface area (TPSA) is 87.8 Å². The Hall–Kier alpha value is -1.31. The molecule has 21 heavy (non-hydrogen) atoms. The van der Waals surface area contributed by atoms with Crippen LogP contribution in [-0.4, -0.2) is 47.0 Å². The second kappa shape index (κ2) is 4.86. The molecule has 3 unspecified atom stereocenters. The molecule has 0 amide bonds. The lowest BCUT2D eigenvalue weighted by Gasteiger charge is -2.14. The lowest BCUT2D eigenvalue weighted by atomic mass is 9.99. The first-order valence-electron chi connectivity index (χ1n) is 6.71. The van der Waals surface area contributed by atoms with Gasteiger partial charge in [0.05, 0.1) is 11.9 Å². The van der Waals surface area contributed by atoms with Crippen molar-refractivity contribution in [2.45, 2.75) is 11.2 Å². The molecule has 0 spiro atoms. The number of rotatable bonds is 5. The molecule has 1 saturated carbocycles. The van der Waals surface area contributed by atoms with Crippen molar-refractivity contribution < 1.29 is 22.6 Å². The Morgan fingerprint density at radius 1 is 1.38 bits per heavy atom. The van der Waals surface area contributed by atoms with E-state index in [1.165, 1.54) is 6.26 Å². The van der Waals surface area contributed by atoms with Crippen molar-refractivity contribution in [3.05, 3.63) is 23.8 Å². The predicted octanol–water partition coefficient (Wildman–Crippen LogP) is 0.517. The fraction of sp³-hybridized carbons (Fsp3) is 0.571. The number of hydrogen-bond donors (Lipinski definition) is 1. The van der Waals surface area contributed by atoms with Gasteiger partial charge in [0.15, 0.2) is 21.3 Å². The molecule has 1 aromatic carbocycles. The molecule has 116 valence electrons. The van der Waals surface area contributed by atoms with E-state index in [9.17, 15) is 8.42 Å². The summed E-state index contributed by atoms with van der Waals surface area (Å²) in [6, 6.07) is 5.53. The average molecular weight is 313 g/mol. The van der Waals surface area contributed by atoms with Gasteiger partial charge in [-0.05, 0) is 17.7 Å². The Balaban J connectivity index is 2.00. The molecule has 2 N–H and O–H groups in total. The number of benzene rings is 1. The van der Waals surface area contributed by atoms with Crippen molar-refractivity contribution in [3.63, 3.8) is 0 Å². The molecule has 1 aromatic rings. The summed E-state index contributed by atoms with van der Waals surface area (Å²) in [5.41, 5.74) is 6.22. The van der Waals surface area contributed by atoms with Crippen LogP contribution in [0.15, 0.2) is 18.2 Å². The lowest BCUT2D eigenvalue weighted by molar-refractivity contribution is 0.142. The van der Waals surface area contributed by atoms with Crippen LogP contribution in [0, 0.1) is 5.41 Å². The van der Waals surface area contributed by atoms with E-state index in [0.29, 0.717) is 18.1 Å². The molecule has 3 atom stereocenters. The Kier molecular flexibility index (Phi) is 3.38. The second-order valence-electron chi connectivity index (χ2n) is 5.71. The van der Waals surface area contributed by atoms with E-state index in [4.69, 9.17) is 19.9 Å². The van der Waals surface area contributed by atoms with Crippen LogP contribution in [0.1, 0.15) is 11.5 Å². The zero-order valence-electron chi connectivity index (χ0n) is 12.0. The normalized spacial score (nSPS) is 30.4. The van der Waals surface area contributed by atoms with Crippen molar-refractivity contribution >= 4 is 9.84 Å². The smallest absolute Gasteiger partial charge is 0.231 e. The fourth-order valence-corrected chi connectivity index (χ4v) is 5.49. The standard InChI is InChI=1S/C14H19NO5S/c1-18-7-14(6-15)12(13(14)21(2,16)17)9-3-4-10-11(5-9)20-8-19-10/h3-5,12-13H,6-8,15H2,1-2H3. The van der Waals surface area contributed by atoms with Crippen LogP contribution in [0.25, 0.3) is 0 Å². The molecule has 1 heterocycles. The van der Waals surface area contributed by atoms with E-state index in [-0.39, 0.29) is 19.3 Å². The van der Waals surface area contributed by atoms with E-state index in [2.05, 4.69) is 0 Å². The highest BCUT2D eigenvalue weighted by molar-refractivity contribution is 7.91. The summed E-state index contributed by atoms with van der Waals surface area (Å²) in [6.45, 7) is 0.775. The van der Waals surface area contributed by atoms with Crippen LogP contribution in [0.3, 0.4) is 0 Å². The van der Waals surface area contributed by atoms with E-state index in [0.717, 1.165) is 5.56 Å². The third kappa shape index (κ3) is 2.20. The van der Waals surface area contributed by atoms with Crippen molar-refractivity contribution in [1.82, 2.24) is 0 Å². The Morgan fingerprint density at radius 3 is 2.71 bits per heavy atom.